The van der Waals surface area contributed by atoms with Crippen molar-refractivity contribution in [3.63, 3.8) is 0 Å². The fourth-order valence-corrected chi connectivity index (χ4v) is 4.01. The average molecular weight is 329 g/mol. The van der Waals surface area contributed by atoms with Crippen LogP contribution in [0.25, 0.3) is 0 Å². The Labute approximate surface area is 131 Å². The van der Waals surface area contributed by atoms with Crippen LogP contribution in [0.15, 0.2) is 0 Å². The van der Waals surface area contributed by atoms with Crippen LogP contribution in [0.5, 0.6) is 0 Å². The number of aryl methyl sites for hydroxylation is 1. The maximum atomic E-state index is 11.8. The molecule has 1 aromatic heterocycles. The molecule has 0 unspecified atom stereocenters. The third-order valence-electron chi connectivity index (χ3n) is 3.21. The van der Waals surface area contributed by atoms with Crippen molar-refractivity contribution in [1.29, 1.82) is 0 Å². The first-order valence-electron chi connectivity index (χ1n) is 6.85. The number of hydrogen-bond acceptors (Lipinski definition) is 6. The van der Waals surface area contributed by atoms with Crippen LogP contribution in [0.4, 0.5) is 0 Å². The molecule has 21 heavy (non-hydrogen) atoms. The normalized spacial score (nSPS) is 15.9. The second-order valence-corrected chi connectivity index (χ2v) is 7.24. The highest BCUT2D eigenvalue weighted by Crippen LogP contribution is 2.20. The molecule has 1 aliphatic rings. The largest absolute Gasteiger partial charge is 0.477 e. The Kier molecular flexibility index (Phi) is 6.01. The molecule has 0 aliphatic carbocycles. The minimum atomic E-state index is -0.968. The highest BCUT2D eigenvalue weighted by molar-refractivity contribution is 8.00. The molecule has 1 saturated heterocycles. The lowest BCUT2D eigenvalue weighted by molar-refractivity contribution is -0.118. The van der Waals surface area contributed by atoms with Gasteiger partial charge in [0.25, 0.3) is 0 Å². The lowest BCUT2D eigenvalue weighted by atomic mass is 10.2. The molecule has 1 aliphatic heterocycles. The summed E-state index contributed by atoms with van der Waals surface area (Å²) < 4.78 is 0. The molecule has 0 spiro atoms. The summed E-state index contributed by atoms with van der Waals surface area (Å²) in [5.41, 5.74) is 0.501. The van der Waals surface area contributed by atoms with Gasteiger partial charge in [-0.25, -0.2) is 9.78 Å². The van der Waals surface area contributed by atoms with E-state index in [-0.39, 0.29) is 10.8 Å². The Bertz CT molecular complexity index is 513. The van der Waals surface area contributed by atoms with Crippen LogP contribution in [0.2, 0.25) is 0 Å². The summed E-state index contributed by atoms with van der Waals surface area (Å²) in [6.45, 7) is 4.01. The van der Waals surface area contributed by atoms with E-state index >= 15 is 0 Å². The molecule has 0 saturated carbocycles. The zero-order valence-corrected chi connectivity index (χ0v) is 13.5. The predicted molar refractivity (Wildman–Crippen MR) is 84.0 cm³/mol. The zero-order chi connectivity index (χ0) is 15.2. The molecule has 1 aromatic rings. The molecule has 0 aromatic carbocycles. The van der Waals surface area contributed by atoms with Crippen molar-refractivity contribution in [2.24, 2.45) is 0 Å². The Morgan fingerprint density at radius 3 is 2.81 bits per heavy atom. The van der Waals surface area contributed by atoms with E-state index in [1.165, 1.54) is 0 Å². The van der Waals surface area contributed by atoms with Crippen LogP contribution >= 0.6 is 23.1 Å². The number of rotatable bonds is 6. The molecule has 3 N–H and O–H groups in total. The van der Waals surface area contributed by atoms with E-state index in [1.54, 1.807) is 18.7 Å². The Morgan fingerprint density at radius 2 is 2.19 bits per heavy atom. The molecule has 2 rings (SSSR count). The quantitative estimate of drug-likeness (QED) is 0.728. The molecular formula is C13H19N3O3S2. The van der Waals surface area contributed by atoms with Gasteiger partial charge in [-0.1, -0.05) is 0 Å². The molecular weight excluding hydrogens is 310 g/mol. The summed E-state index contributed by atoms with van der Waals surface area (Å²) in [4.78, 5) is 27.1. The van der Waals surface area contributed by atoms with Gasteiger partial charge in [0.2, 0.25) is 5.91 Å². The van der Waals surface area contributed by atoms with Crippen LogP contribution in [-0.4, -0.2) is 46.1 Å². The topological polar surface area (TPSA) is 91.3 Å². The van der Waals surface area contributed by atoms with E-state index in [0.717, 1.165) is 37.3 Å². The number of amides is 1. The van der Waals surface area contributed by atoms with Crippen molar-refractivity contribution >= 4 is 35.0 Å². The standard InChI is InChI=1S/C13H19N3O3S2/c1-8-12(13(18)19)21-11(16-8)6-15-10(17)7-20-9-2-4-14-5-3-9/h9,14H,2-7H2,1H3,(H,15,17)(H,18,19). The van der Waals surface area contributed by atoms with E-state index in [4.69, 9.17) is 5.11 Å². The zero-order valence-electron chi connectivity index (χ0n) is 11.8. The summed E-state index contributed by atoms with van der Waals surface area (Å²) in [7, 11) is 0. The van der Waals surface area contributed by atoms with Gasteiger partial charge >= 0.3 is 5.97 Å². The number of thioether (sulfide) groups is 1. The number of aromatic carboxylic acids is 1. The van der Waals surface area contributed by atoms with Crippen molar-refractivity contribution in [1.82, 2.24) is 15.6 Å². The fraction of sp³-hybridized carbons (Fsp3) is 0.615. The minimum absolute atomic E-state index is 0.0248. The Morgan fingerprint density at radius 1 is 1.48 bits per heavy atom. The van der Waals surface area contributed by atoms with Crippen LogP contribution in [0.1, 0.15) is 33.2 Å². The highest BCUT2D eigenvalue weighted by atomic mass is 32.2. The van der Waals surface area contributed by atoms with Gasteiger partial charge in [0, 0.05) is 5.25 Å². The van der Waals surface area contributed by atoms with Crippen LogP contribution in [0.3, 0.4) is 0 Å². The van der Waals surface area contributed by atoms with E-state index in [9.17, 15) is 9.59 Å². The third kappa shape index (κ3) is 4.98. The molecule has 8 heteroatoms. The number of carboxylic acid groups (broad SMARTS) is 1. The van der Waals surface area contributed by atoms with Gasteiger partial charge in [0.1, 0.15) is 9.88 Å². The number of carbonyl (C=O) groups is 2. The number of piperidine rings is 1. The van der Waals surface area contributed by atoms with Crippen molar-refractivity contribution in [2.45, 2.75) is 31.6 Å². The SMILES string of the molecule is Cc1nc(CNC(=O)CSC2CCNCC2)sc1C(=O)O. The third-order valence-corrected chi connectivity index (χ3v) is 5.73. The Hall–Kier alpha value is -1.12. The molecule has 116 valence electrons. The number of carboxylic acids is 1. The number of carbonyl (C=O) groups excluding carboxylic acids is 1. The van der Waals surface area contributed by atoms with E-state index in [2.05, 4.69) is 15.6 Å². The van der Waals surface area contributed by atoms with Gasteiger partial charge in [-0.3, -0.25) is 4.79 Å². The molecule has 0 radical (unpaired) electrons. The number of thiazole rings is 1. The lowest BCUT2D eigenvalue weighted by Gasteiger charge is -2.21. The molecule has 2 heterocycles. The highest BCUT2D eigenvalue weighted by Gasteiger charge is 2.16. The van der Waals surface area contributed by atoms with Crippen molar-refractivity contribution in [3.05, 3.63) is 15.6 Å². The van der Waals surface area contributed by atoms with Crippen molar-refractivity contribution in [3.8, 4) is 0 Å². The summed E-state index contributed by atoms with van der Waals surface area (Å²) in [6, 6.07) is 0. The monoisotopic (exact) mass is 329 g/mol. The van der Waals surface area contributed by atoms with Crippen LogP contribution in [-0.2, 0) is 11.3 Å². The van der Waals surface area contributed by atoms with Crippen LogP contribution < -0.4 is 10.6 Å². The first kappa shape index (κ1) is 16.3. The lowest BCUT2D eigenvalue weighted by Crippen LogP contribution is -2.31. The number of nitrogens with one attached hydrogen (secondary N) is 2. The molecule has 6 nitrogen and oxygen atoms in total. The van der Waals surface area contributed by atoms with Crippen molar-refractivity contribution < 1.29 is 14.7 Å². The Balaban J connectivity index is 1.73. The first-order valence-corrected chi connectivity index (χ1v) is 8.71. The fourth-order valence-electron chi connectivity index (χ4n) is 2.11. The maximum absolute atomic E-state index is 11.8. The van der Waals surface area contributed by atoms with E-state index in [1.807, 2.05) is 0 Å². The molecule has 1 fully saturated rings. The van der Waals surface area contributed by atoms with Gasteiger partial charge in [-0.2, -0.15) is 0 Å². The summed E-state index contributed by atoms with van der Waals surface area (Å²) in [6.07, 6.45) is 2.21. The van der Waals surface area contributed by atoms with Gasteiger partial charge in [0.05, 0.1) is 18.0 Å². The first-order chi connectivity index (χ1) is 10.1. The number of nitrogens with zero attached hydrogens (tertiary/aromatic N) is 1. The minimum Gasteiger partial charge on any atom is -0.477 e. The van der Waals surface area contributed by atoms with E-state index < -0.39 is 5.97 Å². The summed E-state index contributed by atoms with van der Waals surface area (Å²) >= 11 is 2.81. The second-order valence-electron chi connectivity index (χ2n) is 4.86. The van der Waals surface area contributed by atoms with Crippen LogP contribution in [0, 0.1) is 6.92 Å². The number of hydrogen-bond donors (Lipinski definition) is 3. The molecule has 0 bridgehead atoms. The van der Waals surface area contributed by atoms with E-state index in [0.29, 0.717) is 28.2 Å². The van der Waals surface area contributed by atoms with Gasteiger partial charge < -0.3 is 15.7 Å². The predicted octanol–water partition coefficient (Wildman–Crippen LogP) is 1.25. The molecule has 1 amide bonds. The average Bonchev–Trinajstić information content (AvgIpc) is 2.85. The maximum Gasteiger partial charge on any atom is 0.347 e. The smallest absolute Gasteiger partial charge is 0.347 e. The summed E-state index contributed by atoms with van der Waals surface area (Å²) in [5, 5.41) is 16.2. The summed E-state index contributed by atoms with van der Waals surface area (Å²) in [5.74, 6) is -0.548. The van der Waals surface area contributed by atoms with Crippen molar-refractivity contribution in [2.75, 3.05) is 18.8 Å². The molecule has 0 atom stereocenters. The number of aromatic nitrogens is 1. The second kappa shape index (κ2) is 7.77. The van der Waals surface area contributed by atoms with Gasteiger partial charge in [-0.15, -0.1) is 23.1 Å². The van der Waals surface area contributed by atoms with Gasteiger partial charge in [-0.05, 0) is 32.9 Å². The van der Waals surface area contributed by atoms with Gasteiger partial charge in [0.15, 0.2) is 0 Å².